The van der Waals surface area contributed by atoms with Crippen LogP contribution in [0.1, 0.15) is 115 Å². The first kappa shape index (κ1) is 35.9. The van der Waals surface area contributed by atoms with Crippen molar-refractivity contribution in [3.8, 4) is 0 Å². The Kier molecular flexibility index (Phi) is 21.1. The fourth-order valence-corrected chi connectivity index (χ4v) is 5.28. The van der Waals surface area contributed by atoms with Crippen LogP contribution >= 0.6 is 0 Å². The van der Waals surface area contributed by atoms with Gasteiger partial charge in [0.1, 0.15) is 0 Å². The van der Waals surface area contributed by atoms with Gasteiger partial charge in [0, 0.05) is 18.6 Å². The molecular formula is C36H61N3O. The van der Waals surface area contributed by atoms with E-state index in [0.717, 1.165) is 30.5 Å². The molecule has 0 aliphatic heterocycles. The predicted molar refractivity (Wildman–Crippen MR) is 177 cm³/mol. The molecular weight excluding hydrogens is 490 g/mol. The van der Waals surface area contributed by atoms with E-state index in [4.69, 9.17) is 0 Å². The Bertz CT molecular complexity index is 803. The van der Waals surface area contributed by atoms with Crippen LogP contribution in [-0.4, -0.2) is 49.1 Å². The van der Waals surface area contributed by atoms with E-state index in [9.17, 15) is 4.79 Å². The third-order valence-electron chi connectivity index (χ3n) is 7.92. The molecule has 0 aromatic heterocycles. The summed E-state index contributed by atoms with van der Waals surface area (Å²) in [6.07, 6.45) is 25.6. The number of unbranched alkanes of at least 4 members (excludes halogenated alkanes) is 12. The third kappa shape index (κ3) is 17.5. The Balaban J connectivity index is 2.17. The van der Waals surface area contributed by atoms with E-state index in [1.54, 1.807) is 0 Å². The Morgan fingerprint density at radius 2 is 1.40 bits per heavy atom. The lowest BCUT2D eigenvalue weighted by Crippen LogP contribution is -2.46. The molecule has 2 unspecified atom stereocenters. The molecule has 226 valence electrons. The fourth-order valence-electron chi connectivity index (χ4n) is 5.28. The largest absolute Gasteiger partial charge is 0.348 e. The van der Waals surface area contributed by atoms with Crippen LogP contribution in [0.2, 0.25) is 0 Å². The lowest BCUT2D eigenvalue weighted by molar-refractivity contribution is -0.120. The van der Waals surface area contributed by atoms with Crippen LogP contribution in [0.5, 0.6) is 0 Å². The molecule has 3 atom stereocenters. The van der Waals surface area contributed by atoms with Gasteiger partial charge in [0.05, 0.1) is 12.6 Å². The minimum atomic E-state index is -0.0904. The summed E-state index contributed by atoms with van der Waals surface area (Å²) in [4.78, 5) is 14.9. The number of nitrogens with zero attached hydrogens (tertiary/aromatic N) is 1. The molecule has 4 heteroatoms. The average molecular weight is 552 g/mol. The maximum Gasteiger partial charge on any atom is 0.234 e. The van der Waals surface area contributed by atoms with Crippen molar-refractivity contribution in [2.75, 3.05) is 20.1 Å². The van der Waals surface area contributed by atoms with E-state index in [-0.39, 0.29) is 18.0 Å². The molecule has 0 aliphatic carbocycles. The highest BCUT2D eigenvalue weighted by molar-refractivity contribution is 5.78. The highest BCUT2D eigenvalue weighted by Crippen LogP contribution is 2.15. The maximum atomic E-state index is 12.6. The first-order valence-corrected chi connectivity index (χ1v) is 16.1. The number of amides is 1. The summed E-state index contributed by atoms with van der Waals surface area (Å²) in [6, 6.07) is 8.72. The van der Waals surface area contributed by atoms with Crippen LogP contribution < -0.4 is 10.6 Å². The number of nitrogens with one attached hydrogen (secondary N) is 2. The lowest BCUT2D eigenvalue weighted by atomic mass is 10.0. The van der Waals surface area contributed by atoms with Gasteiger partial charge >= 0.3 is 0 Å². The first-order chi connectivity index (χ1) is 19.4. The standard InChI is InChI=1S/C36H61N3O/c1-7-11-12-13-14-15-16-17-18-19-20-21-22-23-35(10-4)39(6)30-31(5)37-29-36(40)38-34(9-3)28-33-26-24-32(8-2)25-27-33/h8-10,24-27,31,34-35,37H,2-4,7,11-23,28-30H2,1,5-6H3,(H,38,40)/t31?,34-,35?/m1/s1. The van der Waals surface area contributed by atoms with Crippen molar-refractivity contribution in [1.29, 1.82) is 0 Å². The van der Waals surface area contributed by atoms with Gasteiger partial charge in [-0.1, -0.05) is 139 Å². The fraction of sp³-hybridized carbons (Fsp3) is 0.639. The molecule has 1 amide bonds. The normalized spacial score (nSPS) is 13.5. The molecule has 0 saturated carbocycles. The van der Waals surface area contributed by atoms with Crippen molar-refractivity contribution in [1.82, 2.24) is 15.5 Å². The number of carbonyl (C=O) groups excluding carboxylic acids is 1. The summed E-state index contributed by atoms with van der Waals surface area (Å²) in [5.74, 6) is -0.00522. The monoisotopic (exact) mass is 551 g/mol. The molecule has 0 fully saturated rings. The summed E-state index contributed by atoms with van der Waals surface area (Å²) in [5.41, 5.74) is 2.26. The Morgan fingerprint density at radius 1 is 0.850 bits per heavy atom. The molecule has 1 aromatic rings. The molecule has 1 aromatic carbocycles. The minimum absolute atomic E-state index is 0.00522. The number of likely N-dealkylation sites (N-methyl/N-ethyl adjacent to an activating group) is 1. The summed E-state index contributed by atoms with van der Waals surface area (Å²) in [7, 11) is 2.16. The van der Waals surface area contributed by atoms with Crippen molar-refractivity contribution in [2.24, 2.45) is 0 Å². The Morgan fingerprint density at radius 3 is 1.90 bits per heavy atom. The maximum absolute atomic E-state index is 12.6. The second kappa shape index (κ2) is 23.5. The number of hydrogen-bond acceptors (Lipinski definition) is 3. The molecule has 0 bridgehead atoms. The van der Waals surface area contributed by atoms with Gasteiger partial charge in [-0.05, 0) is 37.9 Å². The molecule has 0 aliphatic rings. The van der Waals surface area contributed by atoms with E-state index in [1.165, 1.54) is 83.5 Å². The predicted octanol–water partition coefficient (Wildman–Crippen LogP) is 8.49. The first-order valence-electron chi connectivity index (χ1n) is 16.1. The van der Waals surface area contributed by atoms with Crippen LogP contribution in [0.4, 0.5) is 0 Å². The third-order valence-corrected chi connectivity index (χ3v) is 7.92. The van der Waals surface area contributed by atoms with Crippen LogP contribution in [0.25, 0.3) is 6.08 Å². The van der Waals surface area contributed by atoms with Crippen molar-refractivity contribution in [2.45, 2.75) is 128 Å². The van der Waals surface area contributed by atoms with Gasteiger partial charge in [-0.3, -0.25) is 9.69 Å². The van der Waals surface area contributed by atoms with Gasteiger partial charge in [0.2, 0.25) is 5.91 Å². The SMILES string of the molecule is C=Cc1ccc(C[C@@H](C=C)NC(=O)CNC(C)CN(C)C(C=C)CCCCCCCCCCCCCCC)cc1. The van der Waals surface area contributed by atoms with Gasteiger partial charge in [0.25, 0.3) is 0 Å². The molecule has 4 nitrogen and oxygen atoms in total. The second-order valence-electron chi connectivity index (χ2n) is 11.6. The number of benzene rings is 1. The Hall–Kier alpha value is -2.17. The van der Waals surface area contributed by atoms with Gasteiger partial charge < -0.3 is 10.6 Å². The smallest absolute Gasteiger partial charge is 0.234 e. The van der Waals surface area contributed by atoms with Crippen molar-refractivity contribution < 1.29 is 4.79 Å². The van der Waals surface area contributed by atoms with Gasteiger partial charge in [-0.15, -0.1) is 13.2 Å². The summed E-state index contributed by atoms with van der Waals surface area (Å²) in [6.45, 7) is 17.4. The second-order valence-corrected chi connectivity index (χ2v) is 11.6. The topological polar surface area (TPSA) is 44.4 Å². The van der Waals surface area contributed by atoms with E-state index in [0.29, 0.717) is 12.6 Å². The molecule has 0 heterocycles. The zero-order valence-corrected chi connectivity index (χ0v) is 26.3. The van der Waals surface area contributed by atoms with E-state index >= 15 is 0 Å². The van der Waals surface area contributed by atoms with Crippen molar-refractivity contribution in [3.05, 3.63) is 67.3 Å². The van der Waals surface area contributed by atoms with E-state index in [1.807, 2.05) is 24.3 Å². The van der Waals surface area contributed by atoms with Crippen LogP contribution in [0.15, 0.2) is 56.2 Å². The minimum Gasteiger partial charge on any atom is -0.348 e. The molecule has 1 rings (SSSR count). The molecule has 0 saturated heterocycles. The van der Waals surface area contributed by atoms with E-state index < -0.39 is 0 Å². The summed E-state index contributed by atoms with van der Waals surface area (Å²) >= 11 is 0. The van der Waals surface area contributed by atoms with Gasteiger partial charge in [-0.2, -0.15) is 0 Å². The summed E-state index contributed by atoms with van der Waals surface area (Å²) in [5, 5.41) is 6.47. The molecule has 0 spiro atoms. The van der Waals surface area contributed by atoms with Crippen LogP contribution in [0, 0.1) is 0 Å². The zero-order valence-electron chi connectivity index (χ0n) is 26.3. The Labute approximate surface area is 247 Å². The average Bonchev–Trinajstić information content (AvgIpc) is 2.96. The van der Waals surface area contributed by atoms with Crippen LogP contribution in [0.3, 0.4) is 0 Å². The number of rotatable bonds is 26. The van der Waals surface area contributed by atoms with Crippen LogP contribution in [-0.2, 0) is 11.2 Å². The van der Waals surface area contributed by atoms with E-state index in [2.05, 4.69) is 74.4 Å². The zero-order chi connectivity index (χ0) is 29.4. The van der Waals surface area contributed by atoms with Crippen molar-refractivity contribution >= 4 is 12.0 Å². The highest BCUT2D eigenvalue weighted by atomic mass is 16.2. The quantitative estimate of drug-likeness (QED) is 0.0896. The number of carbonyl (C=O) groups is 1. The van der Waals surface area contributed by atoms with Gasteiger partial charge in [0.15, 0.2) is 0 Å². The number of hydrogen-bond donors (Lipinski definition) is 2. The summed E-state index contributed by atoms with van der Waals surface area (Å²) < 4.78 is 0. The van der Waals surface area contributed by atoms with Crippen molar-refractivity contribution in [3.63, 3.8) is 0 Å². The van der Waals surface area contributed by atoms with Gasteiger partial charge in [-0.25, -0.2) is 0 Å². The lowest BCUT2D eigenvalue weighted by Gasteiger charge is -2.28. The highest BCUT2D eigenvalue weighted by Gasteiger charge is 2.15. The molecule has 40 heavy (non-hydrogen) atoms. The molecule has 0 radical (unpaired) electrons. The molecule has 2 N–H and O–H groups in total.